The van der Waals surface area contributed by atoms with Crippen LogP contribution >= 0.6 is 23.2 Å². The molecule has 2 aliphatic rings. The Kier molecular flexibility index (Phi) is 5.13. The summed E-state index contributed by atoms with van der Waals surface area (Å²) in [4.78, 5) is 13.1. The molecule has 1 aliphatic carbocycles. The molecule has 138 valence electrons. The van der Waals surface area contributed by atoms with E-state index in [1.807, 2.05) is 13.0 Å². The molecule has 0 saturated heterocycles. The van der Waals surface area contributed by atoms with Gasteiger partial charge in [0.2, 0.25) is 5.91 Å². The molecule has 6 heteroatoms. The predicted molar refractivity (Wildman–Crippen MR) is 106 cm³/mol. The predicted octanol–water partition coefficient (Wildman–Crippen LogP) is 5.21. The van der Waals surface area contributed by atoms with Crippen LogP contribution < -0.4 is 16.0 Å². The van der Waals surface area contributed by atoms with E-state index in [2.05, 4.69) is 29.8 Å². The summed E-state index contributed by atoms with van der Waals surface area (Å²) in [6, 6.07) is 3.89. The van der Waals surface area contributed by atoms with Crippen LogP contribution in [0.15, 0.2) is 12.1 Å². The normalized spacial score (nSPS) is 26.0. The van der Waals surface area contributed by atoms with E-state index in [4.69, 9.17) is 23.2 Å². The quantitative estimate of drug-likeness (QED) is 0.656. The second kappa shape index (κ2) is 6.88. The lowest BCUT2D eigenvalue weighted by atomic mass is 9.84. The molecule has 0 bridgehead atoms. The Bertz CT molecular complexity index is 671. The van der Waals surface area contributed by atoms with Crippen LogP contribution in [0.1, 0.15) is 59.3 Å². The van der Waals surface area contributed by atoms with E-state index in [1.165, 1.54) is 19.3 Å². The third kappa shape index (κ3) is 4.17. The number of nitrogens with one attached hydrogen (secondary N) is 3. The number of carbonyl (C=O) groups is 1. The third-order valence-electron chi connectivity index (χ3n) is 5.18. The Morgan fingerprint density at radius 2 is 1.60 bits per heavy atom. The van der Waals surface area contributed by atoms with Gasteiger partial charge in [-0.25, -0.2) is 0 Å². The van der Waals surface area contributed by atoms with E-state index in [9.17, 15) is 4.79 Å². The summed E-state index contributed by atoms with van der Waals surface area (Å²) in [5.74, 6) is 0.0493. The van der Waals surface area contributed by atoms with Gasteiger partial charge >= 0.3 is 0 Å². The summed E-state index contributed by atoms with van der Waals surface area (Å²) in [6.07, 6.45) is 6.44. The van der Waals surface area contributed by atoms with Crippen molar-refractivity contribution in [2.24, 2.45) is 0 Å². The third-order valence-corrected chi connectivity index (χ3v) is 5.90. The molecule has 1 heterocycles. The van der Waals surface area contributed by atoms with Crippen LogP contribution in [0.4, 0.5) is 11.4 Å². The zero-order valence-electron chi connectivity index (χ0n) is 15.1. The van der Waals surface area contributed by atoms with Crippen molar-refractivity contribution in [3.63, 3.8) is 0 Å². The number of benzene rings is 1. The summed E-state index contributed by atoms with van der Waals surface area (Å²) in [6.45, 7) is 6.16. The SMILES string of the molecule is CC1(C)CC(C)(C(=O)NC2CCCCC2)Nc2cc(Cl)c(Cl)cc2N1. The number of amides is 1. The minimum Gasteiger partial charge on any atom is -0.378 e. The summed E-state index contributed by atoms with van der Waals surface area (Å²) >= 11 is 12.4. The van der Waals surface area contributed by atoms with Gasteiger partial charge in [0.1, 0.15) is 5.54 Å². The first-order valence-electron chi connectivity index (χ1n) is 9.05. The van der Waals surface area contributed by atoms with Crippen LogP contribution in [0.3, 0.4) is 0 Å². The maximum absolute atomic E-state index is 13.1. The number of fused-ring (bicyclic) bond motifs is 1. The number of halogens is 2. The Morgan fingerprint density at radius 3 is 2.20 bits per heavy atom. The van der Waals surface area contributed by atoms with Crippen LogP contribution in [0.5, 0.6) is 0 Å². The fraction of sp³-hybridized carbons (Fsp3) is 0.632. The first-order chi connectivity index (χ1) is 11.7. The van der Waals surface area contributed by atoms with Gasteiger partial charge < -0.3 is 16.0 Å². The summed E-state index contributed by atoms with van der Waals surface area (Å²) in [7, 11) is 0. The molecule has 1 amide bonds. The molecule has 25 heavy (non-hydrogen) atoms. The standard InChI is InChI=1S/C19H27Cl2N3O/c1-18(2)11-19(3,17(25)22-12-7-5-4-6-8-12)24-16-10-14(21)13(20)9-15(16)23-18/h9-10,12,23-24H,4-8,11H2,1-3H3,(H,22,25). The van der Waals surface area contributed by atoms with Crippen molar-refractivity contribution >= 4 is 40.5 Å². The van der Waals surface area contributed by atoms with Crippen LogP contribution in [0.2, 0.25) is 10.0 Å². The van der Waals surface area contributed by atoms with Crippen molar-refractivity contribution < 1.29 is 4.79 Å². The minimum atomic E-state index is -0.726. The van der Waals surface area contributed by atoms with Crippen LogP contribution in [0, 0.1) is 0 Å². The number of rotatable bonds is 2. The van der Waals surface area contributed by atoms with Crippen LogP contribution in [0.25, 0.3) is 0 Å². The van der Waals surface area contributed by atoms with Crippen molar-refractivity contribution in [2.45, 2.75) is 76.4 Å². The molecule has 3 rings (SSSR count). The second-order valence-corrected chi connectivity index (χ2v) is 9.08. The highest BCUT2D eigenvalue weighted by Gasteiger charge is 2.42. The second-order valence-electron chi connectivity index (χ2n) is 8.26. The lowest BCUT2D eigenvalue weighted by molar-refractivity contribution is -0.126. The molecule has 1 saturated carbocycles. The van der Waals surface area contributed by atoms with Gasteiger partial charge in [0.15, 0.2) is 0 Å². The lowest BCUT2D eigenvalue weighted by Gasteiger charge is -2.36. The number of carbonyl (C=O) groups excluding carboxylic acids is 1. The molecule has 1 atom stereocenters. The van der Waals surface area contributed by atoms with Gasteiger partial charge in [0, 0.05) is 18.0 Å². The van der Waals surface area contributed by atoms with Crippen LogP contribution in [-0.4, -0.2) is 23.0 Å². The summed E-state index contributed by atoms with van der Waals surface area (Å²) in [5, 5.41) is 11.2. The van der Waals surface area contributed by atoms with E-state index in [-0.39, 0.29) is 17.5 Å². The Labute approximate surface area is 160 Å². The zero-order valence-corrected chi connectivity index (χ0v) is 16.7. The fourth-order valence-corrected chi connectivity index (χ4v) is 4.44. The van der Waals surface area contributed by atoms with Gasteiger partial charge in [-0.15, -0.1) is 0 Å². The molecular formula is C19H27Cl2N3O. The summed E-state index contributed by atoms with van der Waals surface area (Å²) < 4.78 is 0. The lowest BCUT2D eigenvalue weighted by Crippen LogP contribution is -2.56. The molecule has 1 fully saturated rings. The first kappa shape index (κ1) is 18.7. The van der Waals surface area contributed by atoms with Crippen molar-refractivity contribution in [3.05, 3.63) is 22.2 Å². The van der Waals surface area contributed by atoms with Crippen molar-refractivity contribution in [2.75, 3.05) is 10.6 Å². The van der Waals surface area contributed by atoms with E-state index >= 15 is 0 Å². The van der Waals surface area contributed by atoms with Gasteiger partial charge in [-0.3, -0.25) is 4.79 Å². The molecule has 4 nitrogen and oxygen atoms in total. The van der Waals surface area contributed by atoms with Crippen molar-refractivity contribution in [1.29, 1.82) is 0 Å². The largest absolute Gasteiger partial charge is 0.378 e. The van der Waals surface area contributed by atoms with E-state index in [0.29, 0.717) is 16.5 Å². The van der Waals surface area contributed by atoms with Gasteiger partial charge in [0.05, 0.1) is 21.4 Å². The van der Waals surface area contributed by atoms with Crippen molar-refractivity contribution in [1.82, 2.24) is 5.32 Å². The number of hydrogen-bond donors (Lipinski definition) is 3. The Morgan fingerprint density at radius 1 is 1.04 bits per heavy atom. The number of hydrogen-bond acceptors (Lipinski definition) is 3. The average Bonchev–Trinajstić information content (AvgIpc) is 2.62. The molecule has 1 aliphatic heterocycles. The van der Waals surface area contributed by atoms with Gasteiger partial charge in [-0.1, -0.05) is 42.5 Å². The van der Waals surface area contributed by atoms with E-state index in [0.717, 1.165) is 24.2 Å². The van der Waals surface area contributed by atoms with E-state index in [1.54, 1.807) is 6.07 Å². The smallest absolute Gasteiger partial charge is 0.245 e. The Balaban J connectivity index is 1.88. The van der Waals surface area contributed by atoms with Crippen molar-refractivity contribution in [3.8, 4) is 0 Å². The Hall–Kier alpha value is -1.13. The molecule has 0 radical (unpaired) electrons. The van der Waals surface area contributed by atoms with Crippen LogP contribution in [-0.2, 0) is 4.79 Å². The maximum atomic E-state index is 13.1. The molecular weight excluding hydrogens is 357 g/mol. The average molecular weight is 384 g/mol. The zero-order chi connectivity index (χ0) is 18.2. The highest BCUT2D eigenvalue weighted by atomic mass is 35.5. The highest BCUT2D eigenvalue weighted by molar-refractivity contribution is 6.42. The molecule has 1 aromatic carbocycles. The van der Waals surface area contributed by atoms with E-state index < -0.39 is 5.54 Å². The topological polar surface area (TPSA) is 53.2 Å². The van der Waals surface area contributed by atoms with Gasteiger partial charge in [0.25, 0.3) is 0 Å². The molecule has 3 N–H and O–H groups in total. The molecule has 1 unspecified atom stereocenters. The number of anilines is 2. The maximum Gasteiger partial charge on any atom is 0.245 e. The molecule has 0 aromatic heterocycles. The molecule has 0 spiro atoms. The highest BCUT2D eigenvalue weighted by Crippen LogP contribution is 2.40. The molecule has 1 aromatic rings. The van der Waals surface area contributed by atoms with Gasteiger partial charge in [-0.05, 0) is 45.7 Å². The first-order valence-corrected chi connectivity index (χ1v) is 9.80. The van der Waals surface area contributed by atoms with Gasteiger partial charge in [-0.2, -0.15) is 0 Å². The monoisotopic (exact) mass is 383 g/mol. The summed E-state index contributed by atoms with van der Waals surface area (Å²) in [5.41, 5.74) is 0.680. The minimum absolute atomic E-state index is 0.0493. The fourth-order valence-electron chi connectivity index (χ4n) is 4.12.